The molecule has 0 aromatic heterocycles. The highest BCUT2D eigenvalue weighted by Crippen LogP contribution is 2.15. The molecular weight excluding hydrogens is 258 g/mol. The number of carbonyl (C=O) groups excluding carboxylic acids is 1. The van der Waals surface area contributed by atoms with E-state index in [0.717, 1.165) is 0 Å². The van der Waals surface area contributed by atoms with Crippen molar-refractivity contribution in [1.82, 2.24) is 5.32 Å². The van der Waals surface area contributed by atoms with Crippen molar-refractivity contribution in [3.63, 3.8) is 0 Å². The van der Waals surface area contributed by atoms with Crippen molar-refractivity contribution in [1.29, 1.82) is 5.26 Å². The lowest BCUT2D eigenvalue weighted by Gasteiger charge is -2.07. The average molecular weight is 268 g/mol. The molecule has 19 heavy (non-hydrogen) atoms. The Bertz CT molecular complexity index is 553. The van der Waals surface area contributed by atoms with Gasteiger partial charge in [0, 0.05) is 13.0 Å². The second-order valence-electron chi connectivity index (χ2n) is 3.63. The Labute approximate surface area is 107 Å². The Balaban J connectivity index is 2.92. The number of aromatic carboxylic acids is 1. The van der Waals surface area contributed by atoms with Crippen molar-refractivity contribution in [3.05, 3.63) is 34.9 Å². The van der Waals surface area contributed by atoms with E-state index in [4.69, 9.17) is 10.4 Å². The minimum Gasteiger partial charge on any atom is -0.478 e. The van der Waals surface area contributed by atoms with E-state index in [9.17, 15) is 18.4 Å². The van der Waals surface area contributed by atoms with Crippen LogP contribution in [0.4, 0.5) is 8.78 Å². The van der Waals surface area contributed by atoms with Gasteiger partial charge in [-0.3, -0.25) is 4.79 Å². The summed E-state index contributed by atoms with van der Waals surface area (Å²) < 4.78 is 26.0. The third kappa shape index (κ3) is 3.74. The summed E-state index contributed by atoms with van der Waals surface area (Å²) in [6.07, 6.45) is 0.609. The van der Waals surface area contributed by atoms with Crippen LogP contribution in [0.2, 0.25) is 0 Å². The van der Waals surface area contributed by atoms with Gasteiger partial charge in [-0.25, -0.2) is 13.6 Å². The second-order valence-corrected chi connectivity index (χ2v) is 3.63. The fourth-order valence-electron chi connectivity index (χ4n) is 1.38. The summed E-state index contributed by atoms with van der Waals surface area (Å²) in [5.41, 5.74) is -1.07. The van der Waals surface area contributed by atoms with Gasteiger partial charge in [0.1, 0.15) is 0 Å². The van der Waals surface area contributed by atoms with Crippen LogP contribution in [0.1, 0.15) is 33.6 Å². The minimum atomic E-state index is -1.53. The molecule has 0 saturated heterocycles. The molecule has 1 amide bonds. The number of nitriles is 1. The summed E-state index contributed by atoms with van der Waals surface area (Å²) in [6.45, 7) is 0.143. The summed E-state index contributed by atoms with van der Waals surface area (Å²) in [5, 5.41) is 19.5. The van der Waals surface area contributed by atoms with Crippen LogP contribution < -0.4 is 5.32 Å². The minimum absolute atomic E-state index is 0.143. The number of carboxylic acid groups (broad SMARTS) is 1. The van der Waals surface area contributed by atoms with E-state index in [2.05, 4.69) is 5.32 Å². The van der Waals surface area contributed by atoms with Gasteiger partial charge in [0.2, 0.25) is 0 Å². The van der Waals surface area contributed by atoms with Crippen molar-refractivity contribution >= 4 is 11.9 Å². The highest BCUT2D eigenvalue weighted by Gasteiger charge is 2.20. The molecular formula is C12H10F2N2O3. The number of nitrogens with one attached hydrogen (secondary N) is 1. The topological polar surface area (TPSA) is 90.2 Å². The Morgan fingerprint density at radius 2 is 1.84 bits per heavy atom. The molecule has 0 aliphatic rings. The van der Waals surface area contributed by atoms with E-state index in [0.29, 0.717) is 18.6 Å². The average Bonchev–Trinajstić information content (AvgIpc) is 2.36. The molecule has 100 valence electrons. The number of halogens is 2. The van der Waals surface area contributed by atoms with Gasteiger partial charge < -0.3 is 10.4 Å². The van der Waals surface area contributed by atoms with Crippen molar-refractivity contribution in [2.24, 2.45) is 0 Å². The summed E-state index contributed by atoms with van der Waals surface area (Å²) in [6, 6.07) is 2.87. The highest BCUT2D eigenvalue weighted by atomic mass is 19.2. The van der Waals surface area contributed by atoms with Gasteiger partial charge in [-0.15, -0.1) is 0 Å². The van der Waals surface area contributed by atoms with Crippen LogP contribution in [0.3, 0.4) is 0 Å². The van der Waals surface area contributed by atoms with Gasteiger partial charge in [0.05, 0.1) is 17.2 Å². The van der Waals surface area contributed by atoms with Gasteiger partial charge in [-0.2, -0.15) is 5.26 Å². The zero-order chi connectivity index (χ0) is 14.4. The lowest BCUT2D eigenvalue weighted by molar-refractivity contribution is 0.0690. The molecule has 0 radical (unpaired) electrons. The summed E-state index contributed by atoms with van der Waals surface area (Å²) in [5.74, 6) is -4.99. The molecule has 1 aromatic carbocycles. The maximum absolute atomic E-state index is 13.0. The molecule has 1 rings (SSSR count). The number of nitrogens with zero attached hydrogens (tertiary/aromatic N) is 1. The predicted octanol–water partition coefficient (Wildman–Crippen LogP) is 1.70. The van der Waals surface area contributed by atoms with Crippen molar-refractivity contribution in [3.8, 4) is 6.07 Å². The van der Waals surface area contributed by atoms with Gasteiger partial charge in [0.15, 0.2) is 11.6 Å². The Morgan fingerprint density at radius 1 is 1.26 bits per heavy atom. The predicted molar refractivity (Wildman–Crippen MR) is 60.5 cm³/mol. The fraction of sp³-hybridized carbons (Fsp3) is 0.250. The van der Waals surface area contributed by atoms with Gasteiger partial charge in [-0.05, 0) is 18.6 Å². The number of carbonyl (C=O) groups is 2. The van der Waals surface area contributed by atoms with Crippen LogP contribution in [0.25, 0.3) is 0 Å². The highest BCUT2D eigenvalue weighted by molar-refractivity contribution is 6.04. The third-order valence-electron chi connectivity index (χ3n) is 2.29. The monoisotopic (exact) mass is 268 g/mol. The number of carboxylic acids is 1. The fourth-order valence-corrected chi connectivity index (χ4v) is 1.38. The summed E-state index contributed by atoms with van der Waals surface area (Å²) in [7, 11) is 0. The molecule has 0 aliphatic carbocycles. The Morgan fingerprint density at radius 3 is 2.37 bits per heavy atom. The van der Waals surface area contributed by atoms with Crippen LogP contribution in [-0.4, -0.2) is 23.5 Å². The number of rotatable bonds is 5. The number of benzene rings is 1. The molecule has 2 N–H and O–H groups in total. The Kier molecular flexibility index (Phi) is 4.94. The van der Waals surface area contributed by atoms with Crippen LogP contribution >= 0.6 is 0 Å². The molecule has 0 aliphatic heterocycles. The van der Waals surface area contributed by atoms with Gasteiger partial charge in [0.25, 0.3) is 5.91 Å². The SMILES string of the molecule is N#CCCCNC(=O)c1cc(F)c(F)cc1C(=O)O. The van der Waals surface area contributed by atoms with Crippen LogP contribution in [0, 0.1) is 23.0 Å². The van der Waals surface area contributed by atoms with E-state index < -0.39 is 34.6 Å². The molecule has 0 heterocycles. The van der Waals surface area contributed by atoms with Crippen LogP contribution in [-0.2, 0) is 0 Å². The third-order valence-corrected chi connectivity index (χ3v) is 2.29. The Hall–Kier alpha value is -2.49. The van der Waals surface area contributed by atoms with E-state index in [-0.39, 0.29) is 13.0 Å². The lowest BCUT2D eigenvalue weighted by atomic mass is 10.1. The number of unbranched alkanes of at least 4 members (excludes halogenated alkanes) is 1. The van der Waals surface area contributed by atoms with E-state index in [1.165, 1.54) is 0 Å². The molecule has 0 spiro atoms. The molecule has 5 nitrogen and oxygen atoms in total. The van der Waals surface area contributed by atoms with E-state index in [1.54, 1.807) is 0 Å². The first-order valence-corrected chi connectivity index (χ1v) is 5.35. The molecule has 0 unspecified atom stereocenters. The molecule has 0 atom stereocenters. The standard InChI is InChI=1S/C12H10F2N2O3/c13-9-5-7(8(12(18)19)6-10(9)14)11(17)16-4-2-1-3-15/h5-6H,1-2,4H2,(H,16,17)(H,18,19). The molecule has 1 aromatic rings. The molecule has 0 bridgehead atoms. The molecule has 0 fully saturated rings. The first-order chi connectivity index (χ1) is 8.97. The lowest BCUT2D eigenvalue weighted by Crippen LogP contribution is -2.26. The smallest absolute Gasteiger partial charge is 0.336 e. The first-order valence-electron chi connectivity index (χ1n) is 5.35. The van der Waals surface area contributed by atoms with Crippen molar-refractivity contribution in [2.75, 3.05) is 6.54 Å². The zero-order valence-electron chi connectivity index (χ0n) is 9.74. The maximum atomic E-state index is 13.0. The van der Waals surface area contributed by atoms with E-state index >= 15 is 0 Å². The summed E-state index contributed by atoms with van der Waals surface area (Å²) in [4.78, 5) is 22.5. The maximum Gasteiger partial charge on any atom is 0.336 e. The van der Waals surface area contributed by atoms with Crippen molar-refractivity contribution < 1.29 is 23.5 Å². The largest absolute Gasteiger partial charge is 0.478 e. The first kappa shape index (κ1) is 14.6. The zero-order valence-corrected chi connectivity index (χ0v) is 9.74. The van der Waals surface area contributed by atoms with Crippen LogP contribution in [0.15, 0.2) is 12.1 Å². The number of hydrogen-bond donors (Lipinski definition) is 2. The molecule has 7 heteroatoms. The number of amides is 1. The second kappa shape index (κ2) is 6.44. The quantitative estimate of drug-likeness (QED) is 0.795. The summed E-state index contributed by atoms with van der Waals surface area (Å²) >= 11 is 0. The molecule has 0 saturated carbocycles. The van der Waals surface area contributed by atoms with Gasteiger partial charge in [-0.1, -0.05) is 0 Å². The normalized spacial score (nSPS) is 9.74. The van der Waals surface area contributed by atoms with Crippen molar-refractivity contribution in [2.45, 2.75) is 12.8 Å². The van der Waals surface area contributed by atoms with Crippen LogP contribution in [0.5, 0.6) is 0 Å². The number of hydrogen-bond acceptors (Lipinski definition) is 3. The van der Waals surface area contributed by atoms with E-state index in [1.807, 2.05) is 6.07 Å². The van der Waals surface area contributed by atoms with Gasteiger partial charge >= 0.3 is 5.97 Å².